The van der Waals surface area contributed by atoms with Gasteiger partial charge in [-0.1, -0.05) is 0 Å². The molecule has 0 saturated carbocycles. The summed E-state index contributed by atoms with van der Waals surface area (Å²) in [5.74, 6) is 6.59. The first-order chi connectivity index (χ1) is 9.56. The molecule has 1 aliphatic heterocycles. The molecule has 0 aliphatic carbocycles. The number of aromatic nitrogens is 3. The second-order valence-electron chi connectivity index (χ2n) is 4.76. The monoisotopic (exact) mass is 280 g/mol. The minimum atomic E-state index is -0.247. The van der Waals surface area contributed by atoms with E-state index < -0.39 is 0 Å². The highest BCUT2D eigenvalue weighted by atomic mass is 16.2. The van der Waals surface area contributed by atoms with Crippen molar-refractivity contribution in [3.05, 3.63) is 0 Å². The number of anilines is 3. The molecule has 110 valence electrons. The highest BCUT2D eigenvalue weighted by Gasteiger charge is 2.32. The smallest absolute Gasteiger partial charge is 0.243 e. The molecule has 1 aromatic heterocycles. The summed E-state index contributed by atoms with van der Waals surface area (Å²) < 4.78 is 0. The number of amides is 1. The molecule has 9 nitrogen and oxygen atoms in total. The second kappa shape index (κ2) is 5.87. The van der Waals surface area contributed by atoms with Crippen molar-refractivity contribution in [2.75, 3.05) is 42.9 Å². The fourth-order valence-electron chi connectivity index (χ4n) is 2.19. The molecule has 9 heteroatoms. The van der Waals surface area contributed by atoms with Crippen LogP contribution in [0.15, 0.2) is 0 Å². The number of nitrogen functional groups attached to an aromatic ring is 1. The predicted octanol–water partition coefficient (Wildman–Crippen LogP) is -1.06. The van der Waals surface area contributed by atoms with Gasteiger partial charge in [-0.05, 0) is 12.8 Å². The van der Waals surface area contributed by atoms with Gasteiger partial charge in [0.25, 0.3) is 0 Å². The summed E-state index contributed by atoms with van der Waals surface area (Å²) in [4.78, 5) is 28.3. The Morgan fingerprint density at radius 2 is 2.15 bits per heavy atom. The average Bonchev–Trinajstić information content (AvgIpc) is 2.95. The minimum absolute atomic E-state index is 0.0310. The van der Waals surface area contributed by atoms with Crippen molar-refractivity contribution in [1.29, 1.82) is 0 Å². The maximum atomic E-state index is 11.9. The Kier molecular flexibility index (Phi) is 4.18. The van der Waals surface area contributed by atoms with E-state index in [-0.39, 0.29) is 17.9 Å². The number of hydrazine groups is 1. The molecule has 1 unspecified atom stereocenters. The Hall–Kier alpha value is -2.16. The molecule has 1 amide bonds. The highest BCUT2D eigenvalue weighted by Crippen LogP contribution is 2.24. The zero-order valence-corrected chi connectivity index (χ0v) is 11.9. The maximum absolute atomic E-state index is 11.9. The topological polar surface area (TPSA) is 112 Å². The van der Waals surface area contributed by atoms with Crippen LogP contribution >= 0.6 is 0 Å². The van der Waals surface area contributed by atoms with Crippen LogP contribution in [0.25, 0.3) is 0 Å². The minimum Gasteiger partial charge on any atom is -0.357 e. The van der Waals surface area contributed by atoms with Gasteiger partial charge in [-0.2, -0.15) is 15.0 Å². The van der Waals surface area contributed by atoms with Crippen LogP contribution in [0.5, 0.6) is 0 Å². The van der Waals surface area contributed by atoms with Gasteiger partial charge in [0.15, 0.2) is 0 Å². The summed E-state index contributed by atoms with van der Waals surface area (Å²) in [5.41, 5.74) is 2.43. The number of hydrogen-bond donors (Lipinski definition) is 3. The molecule has 0 aromatic carbocycles. The van der Waals surface area contributed by atoms with Gasteiger partial charge in [-0.15, -0.1) is 0 Å². The fourth-order valence-corrected chi connectivity index (χ4v) is 2.19. The molecular weight excluding hydrogens is 260 g/mol. The first-order valence-corrected chi connectivity index (χ1v) is 6.45. The molecule has 4 N–H and O–H groups in total. The number of nitrogens with zero attached hydrogens (tertiary/aromatic N) is 5. The first-order valence-electron chi connectivity index (χ1n) is 6.45. The van der Waals surface area contributed by atoms with Gasteiger partial charge in [-0.25, -0.2) is 5.84 Å². The van der Waals surface area contributed by atoms with Crippen LogP contribution in [0.3, 0.4) is 0 Å². The Morgan fingerprint density at radius 1 is 1.40 bits per heavy atom. The second-order valence-corrected chi connectivity index (χ2v) is 4.76. The van der Waals surface area contributed by atoms with E-state index in [1.54, 1.807) is 11.9 Å². The van der Waals surface area contributed by atoms with E-state index >= 15 is 0 Å². The van der Waals surface area contributed by atoms with Gasteiger partial charge >= 0.3 is 0 Å². The van der Waals surface area contributed by atoms with Crippen molar-refractivity contribution < 1.29 is 4.79 Å². The third-order valence-electron chi connectivity index (χ3n) is 3.20. The summed E-state index contributed by atoms with van der Waals surface area (Å²) in [6.45, 7) is 0.735. The summed E-state index contributed by atoms with van der Waals surface area (Å²) in [6, 6.07) is -0.247. The third-order valence-corrected chi connectivity index (χ3v) is 3.20. The lowest BCUT2D eigenvalue weighted by Crippen LogP contribution is -2.43. The molecule has 2 rings (SSSR count). The number of nitrogens with two attached hydrogens (primary N) is 1. The molecule has 1 aliphatic rings. The summed E-state index contributed by atoms with van der Waals surface area (Å²) >= 11 is 0. The van der Waals surface area contributed by atoms with Crippen LogP contribution in [0.2, 0.25) is 0 Å². The van der Waals surface area contributed by atoms with Crippen molar-refractivity contribution in [2.45, 2.75) is 18.9 Å². The number of nitrogens with one attached hydrogen (secondary N) is 2. The summed E-state index contributed by atoms with van der Waals surface area (Å²) in [6.07, 6.45) is 1.71. The van der Waals surface area contributed by atoms with Gasteiger partial charge in [0.1, 0.15) is 6.04 Å². The number of likely N-dealkylation sites (N-methyl/N-ethyl adjacent to an activating group) is 1. The molecule has 1 fully saturated rings. The van der Waals surface area contributed by atoms with Crippen LogP contribution in [0.4, 0.5) is 17.8 Å². The molecule has 0 bridgehead atoms. The van der Waals surface area contributed by atoms with Crippen LogP contribution in [-0.2, 0) is 4.79 Å². The number of hydrogen-bond acceptors (Lipinski definition) is 8. The van der Waals surface area contributed by atoms with E-state index in [0.29, 0.717) is 11.9 Å². The number of carbonyl (C=O) groups excluding carboxylic acids is 1. The van der Waals surface area contributed by atoms with Crippen molar-refractivity contribution in [2.24, 2.45) is 5.84 Å². The van der Waals surface area contributed by atoms with Crippen LogP contribution < -0.4 is 26.4 Å². The first kappa shape index (κ1) is 14.3. The summed E-state index contributed by atoms with van der Waals surface area (Å²) in [7, 11) is 5.30. The maximum Gasteiger partial charge on any atom is 0.243 e. The Balaban J connectivity index is 2.35. The zero-order valence-electron chi connectivity index (χ0n) is 11.9. The molecule has 0 spiro atoms. The standard InChI is InChI=1S/C11H20N8O/c1-13-8(20)7-5-4-6-19(7)11-15-9(17-12)14-10(16-11)18(2)3/h7H,4-6,12H2,1-3H3,(H,13,20)(H,14,15,16,17). The number of carbonyl (C=O) groups is 1. The van der Waals surface area contributed by atoms with Gasteiger partial charge in [0.05, 0.1) is 0 Å². The molecule has 20 heavy (non-hydrogen) atoms. The summed E-state index contributed by atoms with van der Waals surface area (Å²) in [5, 5.41) is 2.67. The van der Waals surface area contributed by atoms with Gasteiger partial charge in [0.2, 0.25) is 23.8 Å². The molecular formula is C11H20N8O. The highest BCUT2D eigenvalue weighted by molar-refractivity contribution is 5.85. The van der Waals surface area contributed by atoms with E-state index in [1.807, 2.05) is 19.0 Å². The lowest BCUT2D eigenvalue weighted by Gasteiger charge is -2.24. The molecule has 1 atom stereocenters. The van der Waals surface area contributed by atoms with Crippen LogP contribution in [-0.4, -0.2) is 54.6 Å². The zero-order chi connectivity index (χ0) is 14.7. The SMILES string of the molecule is CNC(=O)C1CCCN1c1nc(NN)nc(N(C)C)n1. The number of rotatable bonds is 4. The molecule has 2 heterocycles. The quantitative estimate of drug-likeness (QED) is 0.472. The van der Waals surface area contributed by atoms with Gasteiger partial charge in [0, 0.05) is 27.7 Å². The van der Waals surface area contributed by atoms with E-state index in [4.69, 9.17) is 5.84 Å². The van der Waals surface area contributed by atoms with Crippen molar-refractivity contribution in [3.8, 4) is 0 Å². The average molecular weight is 280 g/mol. The predicted molar refractivity (Wildman–Crippen MR) is 76.4 cm³/mol. The lowest BCUT2D eigenvalue weighted by atomic mass is 10.2. The molecule has 1 aromatic rings. The van der Waals surface area contributed by atoms with E-state index in [1.165, 1.54) is 0 Å². The van der Waals surface area contributed by atoms with Crippen molar-refractivity contribution >= 4 is 23.8 Å². The van der Waals surface area contributed by atoms with Gasteiger partial charge in [-0.3, -0.25) is 10.2 Å². The van der Waals surface area contributed by atoms with Crippen LogP contribution in [0.1, 0.15) is 12.8 Å². The lowest BCUT2D eigenvalue weighted by molar-refractivity contribution is -0.121. The molecule has 1 saturated heterocycles. The van der Waals surface area contributed by atoms with Crippen LogP contribution in [0, 0.1) is 0 Å². The Bertz CT molecular complexity index is 491. The van der Waals surface area contributed by atoms with Gasteiger partial charge < -0.3 is 15.1 Å². The largest absolute Gasteiger partial charge is 0.357 e. The van der Waals surface area contributed by atoms with E-state index in [0.717, 1.165) is 19.4 Å². The third kappa shape index (κ3) is 2.72. The van der Waals surface area contributed by atoms with E-state index in [2.05, 4.69) is 25.7 Å². The normalized spacial score (nSPS) is 18.0. The molecule has 0 radical (unpaired) electrons. The van der Waals surface area contributed by atoms with Crippen molar-refractivity contribution in [3.63, 3.8) is 0 Å². The Morgan fingerprint density at radius 3 is 2.75 bits per heavy atom. The van der Waals surface area contributed by atoms with E-state index in [9.17, 15) is 4.79 Å². The van der Waals surface area contributed by atoms with Crippen molar-refractivity contribution in [1.82, 2.24) is 20.3 Å². The Labute approximate surface area is 117 Å². The fraction of sp³-hybridized carbons (Fsp3) is 0.636.